The molecule has 0 saturated heterocycles. The van der Waals surface area contributed by atoms with Crippen molar-refractivity contribution >= 4 is 11.8 Å². The van der Waals surface area contributed by atoms with Crippen molar-refractivity contribution in [2.75, 3.05) is 0 Å². The van der Waals surface area contributed by atoms with E-state index >= 15 is 0 Å². The van der Waals surface area contributed by atoms with E-state index in [0.29, 0.717) is 9.79 Å². The number of phenolic OH excluding ortho intramolecular Hbond substituents is 1. The number of para-hydroxylation sites is 1. The van der Waals surface area contributed by atoms with Gasteiger partial charge in [0.05, 0.1) is 22.1 Å². The van der Waals surface area contributed by atoms with Gasteiger partial charge in [0.25, 0.3) is 0 Å². The zero-order chi connectivity index (χ0) is 14.8. The first-order valence-electron chi connectivity index (χ1n) is 5.49. The summed E-state index contributed by atoms with van der Waals surface area (Å²) in [5, 5.41) is 18.4. The summed E-state index contributed by atoms with van der Waals surface area (Å²) in [6, 6.07) is 11.3. The minimum absolute atomic E-state index is 0.0379. The number of benzene rings is 2. The minimum atomic E-state index is -4.55. The standard InChI is InChI=1S/C14H8F3NOS/c15-14(16,17)11-6-5-10(7-9(11)8-18)20-13-4-2-1-3-12(13)19/h1-7,19H. The van der Waals surface area contributed by atoms with E-state index in [4.69, 9.17) is 5.26 Å². The first-order chi connectivity index (χ1) is 9.41. The zero-order valence-electron chi connectivity index (χ0n) is 9.98. The third-order valence-electron chi connectivity index (χ3n) is 2.51. The van der Waals surface area contributed by atoms with Crippen molar-refractivity contribution in [2.45, 2.75) is 16.0 Å². The lowest BCUT2D eigenvalue weighted by molar-refractivity contribution is -0.137. The SMILES string of the molecule is N#Cc1cc(Sc2ccccc2O)ccc1C(F)(F)F. The molecular weight excluding hydrogens is 287 g/mol. The van der Waals surface area contributed by atoms with Crippen LogP contribution in [-0.2, 0) is 6.18 Å². The average Bonchev–Trinajstić information content (AvgIpc) is 2.40. The number of hydrogen-bond acceptors (Lipinski definition) is 3. The third-order valence-corrected chi connectivity index (χ3v) is 3.56. The fraction of sp³-hybridized carbons (Fsp3) is 0.0714. The molecule has 0 amide bonds. The maximum Gasteiger partial charge on any atom is 0.417 e. The molecule has 0 saturated carbocycles. The van der Waals surface area contributed by atoms with Crippen molar-refractivity contribution in [3.63, 3.8) is 0 Å². The second-order valence-corrected chi connectivity index (χ2v) is 5.00. The molecule has 6 heteroatoms. The molecule has 20 heavy (non-hydrogen) atoms. The van der Waals surface area contributed by atoms with E-state index < -0.39 is 17.3 Å². The largest absolute Gasteiger partial charge is 0.507 e. The number of phenols is 1. The van der Waals surface area contributed by atoms with Crippen LogP contribution in [0.5, 0.6) is 5.75 Å². The molecule has 0 spiro atoms. The zero-order valence-corrected chi connectivity index (χ0v) is 10.8. The summed E-state index contributed by atoms with van der Waals surface area (Å²) in [7, 11) is 0. The van der Waals surface area contributed by atoms with Gasteiger partial charge in [0, 0.05) is 4.90 Å². The number of nitrogens with zero attached hydrogens (tertiary/aromatic N) is 1. The minimum Gasteiger partial charge on any atom is -0.507 e. The molecule has 2 rings (SSSR count). The Hall–Kier alpha value is -2.13. The predicted octanol–water partition coefficient (Wildman–Crippen LogP) is 4.43. The van der Waals surface area contributed by atoms with Crippen LogP contribution in [0.2, 0.25) is 0 Å². The molecule has 102 valence electrons. The van der Waals surface area contributed by atoms with E-state index in [1.807, 2.05) is 0 Å². The predicted molar refractivity (Wildman–Crippen MR) is 68.4 cm³/mol. The normalized spacial score (nSPS) is 11.1. The summed E-state index contributed by atoms with van der Waals surface area (Å²) >= 11 is 1.09. The second kappa shape index (κ2) is 5.47. The molecule has 0 unspecified atom stereocenters. The van der Waals surface area contributed by atoms with Gasteiger partial charge in [-0.05, 0) is 30.3 Å². The Kier molecular flexibility index (Phi) is 3.91. The van der Waals surface area contributed by atoms with Gasteiger partial charge in [0.2, 0.25) is 0 Å². The topological polar surface area (TPSA) is 44.0 Å². The second-order valence-electron chi connectivity index (χ2n) is 3.89. The smallest absolute Gasteiger partial charge is 0.417 e. The van der Waals surface area contributed by atoms with Gasteiger partial charge in [-0.3, -0.25) is 0 Å². The van der Waals surface area contributed by atoms with Gasteiger partial charge in [0.1, 0.15) is 5.75 Å². The van der Waals surface area contributed by atoms with E-state index in [1.165, 1.54) is 18.2 Å². The molecular formula is C14H8F3NOS. The van der Waals surface area contributed by atoms with Gasteiger partial charge in [0.15, 0.2) is 0 Å². The molecule has 1 N–H and O–H groups in total. The number of halogens is 3. The quantitative estimate of drug-likeness (QED) is 0.891. The highest BCUT2D eigenvalue weighted by molar-refractivity contribution is 7.99. The number of nitriles is 1. The van der Waals surface area contributed by atoms with E-state index in [9.17, 15) is 18.3 Å². The van der Waals surface area contributed by atoms with Gasteiger partial charge in [-0.25, -0.2) is 0 Å². The number of hydrogen-bond donors (Lipinski definition) is 1. The van der Waals surface area contributed by atoms with E-state index in [2.05, 4.69) is 0 Å². The number of rotatable bonds is 2. The Morgan fingerprint density at radius 3 is 2.40 bits per heavy atom. The summed E-state index contributed by atoms with van der Waals surface area (Å²) in [6.45, 7) is 0. The maximum atomic E-state index is 12.7. The van der Waals surface area contributed by atoms with Crippen LogP contribution in [0.25, 0.3) is 0 Å². The van der Waals surface area contributed by atoms with Gasteiger partial charge in [-0.1, -0.05) is 23.9 Å². The van der Waals surface area contributed by atoms with Gasteiger partial charge in [-0.15, -0.1) is 0 Å². The van der Waals surface area contributed by atoms with Crippen LogP contribution in [0.3, 0.4) is 0 Å². The average molecular weight is 295 g/mol. The summed E-state index contributed by atoms with van der Waals surface area (Å²) in [6.07, 6.45) is -4.55. The van der Waals surface area contributed by atoms with Crippen molar-refractivity contribution in [2.24, 2.45) is 0 Å². The summed E-state index contributed by atoms with van der Waals surface area (Å²) in [5.74, 6) is 0.0379. The molecule has 0 aromatic heterocycles. The van der Waals surface area contributed by atoms with Gasteiger partial charge >= 0.3 is 6.18 Å². The monoisotopic (exact) mass is 295 g/mol. The molecule has 0 bridgehead atoms. The maximum absolute atomic E-state index is 12.7. The summed E-state index contributed by atoms with van der Waals surface area (Å²) < 4.78 is 38.0. The lowest BCUT2D eigenvalue weighted by Crippen LogP contribution is -2.07. The fourth-order valence-corrected chi connectivity index (χ4v) is 2.48. The Bertz CT molecular complexity index is 677. The first-order valence-corrected chi connectivity index (χ1v) is 6.30. The van der Waals surface area contributed by atoms with Gasteiger partial charge in [-0.2, -0.15) is 18.4 Å². The van der Waals surface area contributed by atoms with Crippen molar-refractivity contribution < 1.29 is 18.3 Å². The van der Waals surface area contributed by atoms with Crippen LogP contribution in [-0.4, -0.2) is 5.11 Å². The van der Waals surface area contributed by atoms with Crippen molar-refractivity contribution in [3.05, 3.63) is 53.6 Å². The van der Waals surface area contributed by atoms with Gasteiger partial charge < -0.3 is 5.11 Å². The van der Waals surface area contributed by atoms with Crippen LogP contribution in [0, 0.1) is 11.3 Å². The molecule has 0 fully saturated rings. The Balaban J connectivity index is 2.37. The van der Waals surface area contributed by atoms with Crippen LogP contribution in [0.15, 0.2) is 52.3 Å². The Morgan fingerprint density at radius 1 is 1.10 bits per heavy atom. The molecule has 0 aliphatic carbocycles. The highest BCUT2D eigenvalue weighted by atomic mass is 32.2. The summed E-state index contributed by atoms with van der Waals surface area (Å²) in [5.41, 5.74) is -1.39. The fourth-order valence-electron chi connectivity index (χ4n) is 1.60. The van der Waals surface area contributed by atoms with E-state index in [1.54, 1.807) is 24.3 Å². The lowest BCUT2D eigenvalue weighted by atomic mass is 10.1. The molecule has 0 heterocycles. The van der Waals surface area contributed by atoms with E-state index in [0.717, 1.165) is 17.8 Å². The molecule has 2 nitrogen and oxygen atoms in total. The number of aromatic hydroxyl groups is 1. The molecule has 2 aromatic carbocycles. The molecule has 0 atom stereocenters. The molecule has 0 radical (unpaired) electrons. The van der Waals surface area contributed by atoms with Crippen molar-refractivity contribution in [3.8, 4) is 11.8 Å². The van der Waals surface area contributed by atoms with E-state index in [-0.39, 0.29) is 5.75 Å². The molecule has 2 aromatic rings. The Morgan fingerprint density at radius 2 is 1.80 bits per heavy atom. The van der Waals surface area contributed by atoms with Crippen LogP contribution >= 0.6 is 11.8 Å². The van der Waals surface area contributed by atoms with Crippen molar-refractivity contribution in [1.82, 2.24) is 0 Å². The lowest BCUT2D eigenvalue weighted by Gasteiger charge is -2.10. The third kappa shape index (κ3) is 3.06. The van der Waals surface area contributed by atoms with Crippen LogP contribution in [0.4, 0.5) is 13.2 Å². The summed E-state index contributed by atoms with van der Waals surface area (Å²) in [4.78, 5) is 0.965. The van der Waals surface area contributed by atoms with Crippen LogP contribution in [0.1, 0.15) is 11.1 Å². The Labute approximate surface area is 117 Å². The highest BCUT2D eigenvalue weighted by Gasteiger charge is 2.33. The van der Waals surface area contributed by atoms with Crippen LogP contribution < -0.4 is 0 Å². The highest BCUT2D eigenvalue weighted by Crippen LogP contribution is 2.37. The van der Waals surface area contributed by atoms with Crippen molar-refractivity contribution in [1.29, 1.82) is 5.26 Å². The molecule has 0 aliphatic heterocycles. The first kappa shape index (κ1) is 14.3. The molecule has 0 aliphatic rings. The number of alkyl halides is 3.